The minimum absolute atomic E-state index is 0.973. The Hall–Kier alpha value is -2.20. The minimum Gasteiger partial charge on any atom is -0.229 e. The van der Waals surface area contributed by atoms with E-state index in [0.29, 0.717) is 0 Å². The van der Waals surface area contributed by atoms with Crippen LogP contribution in [0, 0.1) is 0 Å². The monoisotopic (exact) mass is 225 g/mol. The second-order valence-corrected chi connectivity index (χ2v) is 4.00. The summed E-state index contributed by atoms with van der Waals surface area (Å²) in [6, 6.07) is 10.2. The highest BCUT2D eigenvalue weighted by Gasteiger charge is 2.23. The van der Waals surface area contributed by atoms with Crippen molar-refractivity contribution in [1.82, 2.24) is 10.2 Å². The molecular weight excluding hydrogens is 212 g/mol. The summed E-state index contributed by atoms with van der Waals surface area (Å²) >= 11 is 0. The van der Waals surface area contributed by atoms with Crippen LogP contribution >= 0.6 is 0 Å². The first kappa shape index (κ1) is 9.99. The largest absolute Gasteiger partial charge is 0.261 e. The number of aromatic nitrogens is 2. The van der Waals surface area contributed by atoms with Gasteiger partial charge in [0.1, 0.15) is 5.70 Å². The number of H-pyrrole nitrogens is 1. The Bertz CT molecular complexity index is 580. The first-order valence-electron chi connectivity index (χ1n) is 5.53. The first-order chi connectivity index (χ1) is 8.36. The van der Waals surface area contributed by atoms with E-state index < -0.39 is 0 Å². The van der Waals surface area contributed by atoms with Gasteiger partial charge in [0, 0.05) is 13.0 Å². The number of nitrogens with one attached hydrogen (secondary N) is 2. The number of nitrogens with zero attached hydrogens (tertiary/aromatic N) is 2. The summed E-state index contributed by atoms with van der Waals surface area (Å²) in [7, 11) is 0. The van der Waals surface area contributed by atoms with Crippen LogP contribution in [0.15, 0.2) is 53.4 Å². The molecule has 2 heterocycles. The highest BCUT2D eigenvalue weighted by molar-refractivity contribution is 5.74. The Balaban J connectivity index is 2.06. The summed E-state index contributed by atoms with van der Waals surface area (Å²) in [5.41, 5.74) is 3.40. The lowest BCUT2D eigenvalue weighted by atomic mass is 10.1. The van der Waals surface area contributed by atoms with Gasteiger partial charge in [-0.25, -0.2) is 5.10 Å². The van der Waals surface area contributed by atoms with E-state index in [1.54, 1.807) is 0 Å². The molecule has 0 aliphatic carbocycles. The summed E-state index contributed by atoms with van der Waals surface area (Å²) in [6.45, 7) is 2.05. The maximum atomic E-state index is 4.37. The van der Waals surface area contributed by atoms with E-state index in [-0.39, 0.29) is 0 Å². The Morgan fingerprint density at radius 1 is 1.18 bits per heavy atom. The van der Waals surface area contributed by atoms with Crippen molar-refractivity contribution in [2.24, 2.45) is 5.10 Å². The zero-order valence-corrected chi connectivity index (χ0v) is 9.51. The molecule has 4 heteroatoms. The lowest BCUT2D eigenvalue weighted by Gasteiger charge is -2.08. The minimum atomic E-state index is 0.973. The van der Waals surface area contributed by atoms with E-state index in [4.69, 9.17) is 0 Å². The number of hydrogen-bond donors (Lipinski definition) is 2. The SMILES string of the molecule is CC1=CC=N[NH+]1c1[nH]ncc1-c1ccccc1. The normalized spacial score (nSPS) is 18.4. The maximum absolute atomic E-state index is 4.37. The van der Waals surface area contributed by atoms with Gasteiger partial charge in [0.2, 0.25) is 0 Å². The van der Waals surface area contributed by atoms with Crippen LogP contribution in [-0.4, -0.2) is 16.4 Å². The smallest absolute Gasteiger partial charge is 0.229 e. The second-order valence-electron chi connectivity index (χ2n) is 4.00. The van der Waals surface area contributed by atoms with E-state index in [1.165, 1.54) is 0 Å². The van der Waals surface area contributed by atoms with Crippen LogP contribution in [0.5, 0.6) is 0 Å². The molecule has 0 radical (unpaired) electrons. The molecule has 1 aromatic heterocycles. The number of aromatic amines is 1. The lowest BCUT2D eigenvalue weighted by molar-refractivity contribution is -0.796. The summed E-state index contributed by atoms with van der Waals surface area (Å²) in [4.78, 5) is 0. The molecule has 4 nitrogen and oxygen atoms in total. The van der Waals surface area contributed by atoms with E-state index in [0.717, 1.165) is 27.7 Å². The van der Waals surface area contributed by atoms with Gasteiger partial charge in [-0.1, -0.05) is 35.4 Å². The quantitative estimate of drug-likeness (QED) is 0.799. The van der Waals surface area contributed by atoms with Gasteiger partial charge in [-0.15, -0.1) is 5.01 Å². The molecule has 0 saturated heterocycles. The van der Waals surface area contributed by atoms with Gasteiger partial charge in [0.05, 0.1) is 18.0 Å². The van der Waals surface area contributed by atoms with Crippen LogP contribution in [0.3, 0.4) is 0 Å². The fraction of sp³-hybridized carbons (Fsp3) is 0.0769. The van der Waals surface area contributed by atoms with Crippen molar-refractivity contribution in [1.29, 1.82) is 0 Å². The number of allylic oxidation sites excluding steroid dienone is 2. The van der Waals surface area contributed by atoms with E-state index >= 15 is 0 Å². The molecule has 17 heavy (non-hydrogen) atoms. The molecule has 2 N–H and O–H groups in total. The molecule has 0 saturated carbocycles. The van der Waals surface area contributed by atoms with Crippen molar-refractivity contribution >= 4 is 12.0 Å². The van der Waals surface area contributed by atoms with Crippen LogP contribution in [0.1, 0.15) is 6.92 Å². The molecular formula is C13H13N4+. The first-order valence-corrected chi connectivity index (χ1v) is 5.53. The van der Waals surface area contributed by atoms with Crippen LogP contribution < -0.4 is 5.01 Å². The van der Waals surface area contributed by atoms with Crippen molar-refractivity contribution in [2.75, 3.05) is 0 Å². The molecule has 0 spiro atoms. The summed E-state index contributed by atoms with van der Waals surface area (Å²) < 4.78 is 0. The molecule has 1 aromatic carbocycles. The van der Waals surface area contributed by atoms with Crippen molar-refractivity contribution < 1.29 is 5.01 Å². The average Bonchev–Trinajstić information content (AvgIpc) is 2.98. The maximum Gasteiger partial charge on any atom is 0.261 e. The number of rotatable bonds is 2. The van der Waals surface area contributed by atoms with E-state index in [9.17, 15) is 0 Å². The zero-order valence-electron chi connectivity index (χ0n) is 9.51. The third-order valence-corrected chi connectivity index (χ3v) is 2.86. The van der Waals surface area contributed by atoms with Crippen molar-refractivity contribution in [3.05, 3.63) is 48.3 Å². The van der Waals surface area contributed by atoms with Gasteiger partial charge in [0.25, 0.3) is 5.82 Å². The zero-order chi connectivity index (χ0) is 11.7. The second kappa shape index (κ2) is 3.99. The molecule has 0 fully saturated rings. The van der Waals surface area contributed by atoms with Crippen molar-refractivity contribution in [2.45, 2.75) is 6.92 Å². The Kier molecular flexibility index (Phi) is 2.34. The van der Waals surface area contributed by atoms with Crippen LogP contribution in [0.4, 0.5) is 5.82 Å². The molecule has 1 atom stereocenters. The van der Waals surface area contributed by atoms with Gasteiger partial charge in [-0.3, -0.25) is 0 Å². The lowest BCUT2D eigenvalue weighted by Crippen LogP contribution is -2.99. The summed E-state index contributed by atoms with van der Waals surface area (Å²) in [5, 5.41) is 12.5. The average molecular weight is 225 g/mol. The number of hydrogen-bond acceptors (Lipinski definition) is 2. The molecule has 2 aromatic rings. The fourth-order valence-corrected chi connectivity index (χ4v) is 1.97. The highest BCUT2D eigenvalue weighted by Crippen LogP contribution is 2.23. The Morgan fingerprint density at radius 2 is 2.00 bits per heavy atom. The molecule has 1 aliphatic heterocycles. The van der Waals surface area contributed by atoms with E-state index in [1.807, 2.05) is 36.7 Å². The fourth-order valence-electron chi connectivity index (χ4n) is 1.97. The van der Waals surface area contributed by atoms with Crippen LogP contribution in [0.2, 0.25) is 0 Å². The number of benzene rings is 1. The van der Waals surface area contributed by atoms with Crippen molar-refractivity contribution in [3.8, 4) is 11.1 Å². The molecule has 0 amide bonds. The number of quaternary nitrogens is 1. The van der Waals surface area contributed by atoms with E-state index in [2.05, 4.69) is 34.4 Å². The predicted molar refractivity (Wildman–Crippen MR) is 66.9 cm³/mol. The van der Waals surface area contributed by atoms with Gasteiger partial charge in [-0.05, 0) is 5.56 Å². The van der Waals surface area contributed by atoms with Crippen LogP contribution in [0.25, 0.3) is 11.1 Å². The van der Waals surface area contributed by atoms with Gasteiger partial charge in [-0.2, -0.15) is 5.10 Å². The molecule has 1 unspecified atom stereocenters. The molecule has 1 aliphatic rings. The van der Waals surface area contributed by atoms with Gasteiger partial charge >= 0.3 is 0 Å². The molecule has 84 valence electrons. The predicted octanol–water partition coefficient (Wildman–Crippen LogP) is 1.50. The van der Waals surface area contributed by atoms with Crippen molar-refractivity contribution in [3.63, 3.8) is 0 Å². The topological polar surface area (TPSA) is 45.5 Å². The highest BCUT2D eigenvalue weighted by atomic mass is 15.5. The summed E-state index contributed by atoms with van der Waals surface area (Å²) in [5.74, 6) is 0.985. The van der Waals surface area contributed by atoms with Crippen LogP contribution in [-0.2, 0) is 0 Å². The molecule has 3 rings (SSSR count). The third kappa shape index (κ3) is 1.68. The molecule has 0 bridgehead atoms. The summed E-state index contributed by atoms with van der Waals surface area (Å²) in [6.07, 6.45) is 5.67. The van der Waals surface area contributed by atoms with Gasteiger partial charge < -0.3 is 0 Å². The van der Waals surface area contributed by atoms with Gasteiger partial charge in [0.15, 0.2) is 0 Å². The Labute approximate surface area is 99.3 Å². The standard InChI is InChI=1S/C13H12N4/c1-10-7-8-15-17(10)13-12(9-14-16-13)11-5-3-2-4-6-11/h2-9H,1H3,(H,14,16)/p+1. The Morgan fingerprint density at radius 3 is 2.71 bits per heavy atom. The third-order valence-electron chi connectivity index (χ3n) is 2.86.